The van der Waals surface area contributed by atoms with Crippen molar-refractivity contribution in [3.05, 3.63) is 29.8 Å². The fraction of sp³-hybridized carbons (Fsp3) is 0.600. The predicted molar refractivity (Wildman–Crippen MR) is 74.3 cm³/mol. The summed E-state index contributed by atoms with van der Waals surface area (Å²) in [5.41, 5.74) is 0.541. The highest BCUT2D eigenvalue weighted by molar-refractivity contribution is 5.44. The zero-order valence-corrected chi connectivity index (χ0v) is 11.6. The lowest BCUT2D eigenvalue weighted by Crippen LogP contribution is -2.40. The number of piperidine rings is 1. The number of halogens is 2. The van der Waals surface area contributed by atoms with Gasteiger partial charge in [0.2, 0.25) is 0 Å². The Morgan fingerprint density at radius 2 is 1.74 bits per heavy atom. The zero-order valence-electron chi connectivity index (χ0n) is 11.6. The van der Waals surface area contributed by atoms with E-state index in [1.54, 1.807) is 0 Å². The van der Waals surface area contributed by atoms with E-state index in [-0.39, 0.29) is 0 Å². The van der Waals surface area contributed by atoms with Crippen LogP contribution in [0.4, 0.5) is 14.5 Å². The molecule has 19 heavy (non-hydrogen) atoms. The Hall–Kier alpha value is -1.16. The number of anilines is 1. The average molecular weight is 268 g/mol. The Bertz CT molecular complexity index is 392. The van der Waals surface area contributed by atoms with Crippen molar-refractivity contribution in [3.63, 3.8) is 0 Å². The first-order valence-electron chi connectivity index (χ1n) is 6.98. The molecule has 0 aliphatic carbocycles. The third kappa shape index (κ3) is 4.46. The molecule has 1 aliphatic rings. The van der Waals surface area contributed by atoms with E-state index in [9.17, 15) is 8.78 Å². The molecule has 0 amide bonds. The average Bonchev–Trinajstić information content (AvgIpc) is 2.29. The van der Waals surface area contributed by atoms with Gasteiger partial charge >= 0.3 is 0 Å². The molecule has 1 aromatic carbocycles. The summed E-state index contributed by atoms with van der Waals surface area (Å²) in [7, 11) is 0. The van der Waals surface area contributed by atoms with Crippen LogP contribution in [0.25, 0.3) is 0 Å². The molecule has 0 unspecified atom stereocenters. The maximum atomic E-state index is 13.1. The van der Waals surface area contributed by atoms with Gasteiger partial charge in [-0.1, -0.05) is 13.8 Å². The van der Waals surface area contributed by atoms with Crippen molar-refractivity contribution in [2.75, 3.05) is 25.0 Å². The van der Waals surface area contributed by atoms with Crippen LogP contribution in [0, 0.1) is 17.6 Å². The second-order valence-electron chi connectivity index (χ2n) is 5.77. The Morgan fingerprint density at radius 1 is 1.16 bits per heavy atom. The van der Waals surface area contributed by atoms with Crippen LogP contribution in [0.3, 0.4) is 0 Å². The number of likely N-dealkylation sites (tertiary alicyclic amines) is 1. The van der Waals surface area contributed by atoms with Crippen molar-refractivity contribution in [1.82, 2.24) is 4.90 Å². The van der Waals surface area contributed by atoms with Crippen molar-refractivity contribution >= 4 is 5.69 Å². The molecule has 4 heteroatoms. The van der Waals surface area contributed by atoms with Crippen molar-refractivity contribution < 1.29 is 8.78 Å². The standard InChI is InChI=1S/C15H22F2N2/c1-11(2)10-19-5-3-14(4-6-19)18-15-8-12(16)7-13(17)9-15/h7-9,11,14,18H,3-6,10H2,1-2H3. The van der Waals surface area contributed by atoms with Crippen LogP contribution in [0.2, 0.25) is 0 Å². The minimum Gasteiger partial charge on any atom is -0.382 e. The van der Waals surface area contributed by atoms with E-state index in [1.807, 2.05) is 0 Å². The fourth-order valence-electron chi connectivity index (χ4n) is 2.65. The third-order valence-corrected chi connectivity index (χ3v) is 3.44. The first-order valence-corrected chi connectivity index (χ1v) is 6.98. The van der Waals surface area contributed by atoms with Gasteiger partial charge in [-0.05, 0) is 30.9 Å². The topological polar surface area (TPSA) is 15.3 Å². The summed E-state index contributed by atoms with van der Waals surface area (Å²) in [5, 5.41) is 3.23. The van der Waals surface area contributed by atoms with Crippen LogP contribution in [0.1, 0.15) is 26.7 Å². The molecule has 1 fully saturated rings. The van der Waals surface area contributed by atoms with Gasteiger partial charge in [0.05, 0.1) is 0 Å². The molecule has 0 atom stereocenters. The summed E-state index contributed by atoms with van der Waals surface area (Å²) in [4.78, 5) is 2.45. The lowest BCUT2D eigenvalue weighted by atomic mass is 10.0. The highest BCUT2D eigenvalue weighted by Gasteiger charge is 2.19. The van der Waals surface area contributed by atoms with E-state index >= 15 is 0 Å². The van der Waals surface area contributed by atoms with Crippen LogP contribution in [0.5, 0.6) is 0 Å². The van der Waals surface area contributed by atoms with E-state index in [2.05, 4.69) is 24.1 Å². The van der Waals surface area contributed by atoms with Crippen LogP contribution in [-0.4, -0.2) is 30.6 Å². The van der Waals surface area contributed by atoms with Gasteiger partial charge < -0.3 is 10.2 Å². The largest absolute Gasteiger partial charge is 0.382 e. The maximum absolute atomic E-state index is 13.1. The Kier molecular flexibility index (Phi) is 4.75. The molecule has 1 heterocycles. The number of nitrogens with one attached hydrogen (secondary N) is 1. The molecule has 1 aliphatic heterocycles. The minimum absolute atomic E-state index is 0.310. The smallest absolute Gasteiger partial charge is 0.128 e. The van der Waals surface area contributed by atoms with E-state index in [0.717, 1.165) is 38.5 Å². The summed E-state index contributed by atoms with van der Waals surface area (Å²) >= 11 is 0. The van der Waals surface area contributed by atoms with Crippen LogP contribution in [-0.2, 0) is 0 Å². The second kappa shape index (κ2) is 6.33. The quantitative estimate of drug-likeness (QED) is 0.899. The molecule has 2 nitrogen and oxygen atoms in total. The minimum atomic E-state index is -0.528. The first-order chi connectivity index (χ1) is 9.02. The molecule has 106 valence electrons. The third-order valence-electron chi connectivity index (χ3n) is 3.44. The molecule has 1 aromatic rings. The van der Waals surface area contributed by atoms with E-state index in [4.69, 9.17) is 0 Å². The number of hydrogen-bond acceptors (Lipinski definition) is 2. The summed E-state index contributed by atoms with van der Waals surface area (Å²) < 4.78 is 26.2. The lowest BCUT2D eigenvalue weighted by molar-refractivity contribution is 0.198. The number of rotatable bonds is 4. The summed E-state index contributed by atoms with van der Waals surface area (Å²) in [5.74, 6) is -0.374. The van der Waals surface area contributed by atoms with Crippen LogP contribution < -0.4 is 5.32 Å². The molecule has 2 rings (SSSR count). The lowest BCUT2D eigenvalue weighted by Gasteiger charge is -2.33. The Labute approximate surface area is 113 Å². The maximum Gasteiger partial charge on any atom is 0.128 e. The Balaban J connectivity index is 1.85. The van der Waals surface area contributed by atoms with E-state index in [1.165, 1.54) is 12.1 Å². The van der Waals surface area contributed by atoms with Gasteiger partial charge in [0.15, 0.2) is 0 Å². The summed E-state index contributed by atoms with van der Waals surface area (Å²) in [6, 6.07) is 3.91. The summed E-state index contributed by atoms with van der Waals surface area (Å²) in [6.07, 6.45) is 2.04. The predicted octanol–water partition coefficient (Wildman–Crippen LogP) is 3.50. The van der Waals surface area contributed by atoms with Crippen LogP contribution >= 0.6 is 0 Å². The molecule has 0 spiro atoms. The Morgan fingerprint density at radius 3 is 2.26 bits per heavy atom. The van der Waals surface area contributed by atoms with Gasteiger partial charge in [0, 0.05) is 37.4 Å². The number of hydrogen-bond donors (Lipinski definition) is 1. The molecule has 0 radical (unpaired) electrons. The van der Waals surface area contributed by atoms with E-state index < -0.39 is 11.6 Å². The van der Waals surface area contributed by atoms with Gasteiger partial charge in [-0.2, -0.15) is 0 Å². The van der Waals surface area contributed by atoms with Gasteiger partial charge in [0.25, 0.3) is 0 Å². The van der Waals surface area contributed by atoms with Gasteiger partial charge in [-0.15, -0.1) is 0 Å². The highest BCUT2D eigenvalue weighted by atomic mass is 19.1. The monoisotopic (exact) mass is 268 g/mol. The molecule has 0 aromatic heterocycles. The normalized spacial score (nSPS) is 17.9. The molecular weight excluding hydrogens is 246 g/mol. The number of benzene rings is 1. The fourth-order valence-corrected chi connectivity index (χ4v) is 2.65. The van der Waals surface area contributed by atoms with E-state index in [0.29, 0.717) is 17.6 Å². The van der Waals surface area contributed by atoms with Crippen molar-refractivity contribution in [1.29, 1.82) is 0 Å². The molecule has 1 N–H and O–H groups in total. The second-order valence-corrected chi connectivity index (χ2v) is 5.77. The van der Waals surface area contributed by atoms with Crippen molar-refractivity contribution in [2.45, 2.75) is 32.7 Å². The van der Waals surface area contributed by atoms with Crippen molar-refractivity contribution in [3.8, 4) is 0 Å². The SMILES string of the molecule is CC(C)CN1CCC(Nc2cc(F)cc(F)c2)CC1. The molecular formula is C15H22F2N2. The van der Waals surface area contributed by atoms with Gasteiger partial charge in [-0.25, -0.2) is 8.78 Å². The molecule has 0 saturated carbocycles. The first kappa shape index (κ1) is 14.3. The van der Waals surface area contributed by atoms with Crippen LogP contribution in [0.15, 0.2) is 18.2 Å². The van der Waals surface area contributed by atoms with Crippen molar-refractivity contribution in [2.24, 2.45) is 5.92 Å². The number of nitrogens with zero attached hydrogens (tertiary/aromatic N) is 1. The highest BCUT2D eigenvalue weighted by Crippen LogP contribution is 2.19. The summed E-state index contributed by atoms with van der Waals surface area (Å²) in [6.45, 7) is 7.67. The molecule has 0 bridgehead atoms. The van der Waals surface area contributed by atoms with Gasteiger partial charge in [0.1, 0.15) is 11.6 Å². The zero-order chi connectivity index (χ0) is 13.8. The van der Waals surface area contributed by atoms with Gasteiger partial charge in [-0.3, -0.25) is 0 Å². The molecule has 1 saturated heterocycles.